The number of thiophene rings is 1. The molecular formula is C13H12N2O4S. The minimum Gasteiger partial charge on any atom is -0.478 e. The molecule has 0 aliphatic rings. The van der Waals surface area contributed by atoms with Crippen LogP contribution in [0.4, 0.5) is 10.5 Å². The smallest absolute Gasteiger partial charge is 0.343 e. The number of aromatic carboxylic acids is 1. The number of carboxylic acid groups (broad SMARTS) is 1. The van der Waals surface area contributed by atoms with Gasteiger partial charge in [-0.15, -0.1) is 11.3 Å². The highest BCUT2D eigenvalue weighted by atomic mass is 32.1. The molecule has 1 heterocycles. The summed E-state index contributed by atoms with van der Waals surface area (Å²) in [5, 5.41) is 13.1. The van der Waals surface area contributed by atoms with Crippen LogP contribution >= 0.6 is 11.3 Å². The molecule has 7 heteroatoms. The molecule has 0 aliphatic heterocycles. The van der Waals surface area contributed by atoms with Crippen LogP contribution in [-0.4, -0.2) is 24.2 Å². The summed E-state index contributed by atoms with van der Waals surface area (Å²) in [7, 11) is 1.35. The molecule has 2 rings (SSSR count). The van der Waals surface area contributed by atoms with Gasteiger partial charge < -0.3 is 10.4 Å². The summed E-state index contributed by atoms with van der Waals surface area (Å²) in [6.07, 6.45) is 0. The maximum Gasteiger partial charge on any atom is 0.343 e. The molecule has 0 aliphatic carbocycles. The van der Waals surface area contributed by atoms with Gasteiger partial charge in [0.1, 0.15) is 0 Å². The number of urea groups is 1. The van der Waals surface area contributed by atoms with Crippen LogP contribution in [0.15, 0.2) is 35.7 Å². The van der Waals surface area contributed by atoms with Crippen molar-refractivity contribution in [3.63, 3.8) is 0 Å². The number of nitrogens with one attached hydrogen (secondary N) is 2. The molecule has 0 saturated heterocycles. The second-order valence-corrected chi connectivity index (χ2v) is 4.75. The number of benzene rings is 1. The number of rotatable bonds is 4. The Morgan fingerprint density at radius 2 is 1.95 bits per heavy atom. The Morgan fingerprint density at radius 1 is 1.25 bits per heavy atom. The molecule has 0 unspecified atom stereocenters. The van der Waals surface area contributed by atoms with Crippen LogP contribution in [0.25, 0.3) is 10.4 Å². The van der Waals surface area contributed by atoms with E-state index in [2.05, 4.69) is 15.6 Å². The van der Waals surface area contributed by atoms with Gasteiger partial charge in [0.2, 0.25) is 0 Å². The Balaban J connectivity index is 2.11. The summed E-state index contributed by atoms with van der Waals surface area (Å²) in [6.45, 7) is 0. The van der Waals surface area contributed by atoms with Gasteiger partial charge in [-0.2, -0.15) is 0 Å². The van der Waals surface area contributed by atoms with Crippen molar-refractivity contribution in [2.24, 2.45) is 0 Å². The van der Waals surface area contributed by atoms with Crippen LogP contribution in [0.1, 0.15) is 10.4 Å². The lowest BCUT2D eigenvalue weighted by Gasteiger charge is -2.06. The van der Waals surface area contributed by atoms with Gasteiger partial charge in [-0.25, -0.2) is 15.1 Å². The summed E-state index contributed by atoms with van der Waals surface area (Å²) in [4.78, 5) is 27.4. The third-order valence-electron chi connectivity index (χ3n) is 2.47. The number of carboxylic acids is 1. The third-order valence-corrected chi connectivity index (χ3v) is 3.45. The molecule has 0 fully saturated rings. The van der Waals surface area contributed by atoms with Crippen molar-refractivity contribution in [2.45, 2.75) is 0 Å². The number of hydroxylamine groups is 1. The van der Waals surface area contributed by atoms with Crippen LogP contribution in [0.2, 0.25) is 0 Å². The van der Waals surface area contributed by atoms with Crippen LogP contribution in [0.3, 0.4) is 0 Å². The van der Waals surface area contributed by atoms with Crippen molar-refractivity contribution >= 4 is 29.0 Å². The number of carbonyl (C=O) groups is 2. The molecule has 0 spiro atoms. The zero-order valence-electron chi connectivity index (χ0n) is 10.5. The van der Waals surface area contributed by atoms with E-state index in [0.717, 1.165) is 10.4 Å². The molecule has 1 aromatic carbocycles. The largest absolute Gasteiger partial charge is 0.478 e. The predicted molar refractivity (Wildman–Crippen MR) is 75.9 cm³/mol. The number of hydrogen-bond donors (Lipinski definition) is 3. The van der Waals surface area contributed by atoms with Gasteiger partial charge in [0.25, 0.3) is 0 Å². The molecule has 2 amide bonds. The lowest BCUT2D eigenvalue weighted by atomic mass is 10.1. The molecular weight excluding hydrogens is 280 g/mol. The fraction of sp³-hybridized carbons (Fsp3) is 0.0769. The summed E-state index contributed by atoms with van der Waals surface area (Å²) >= 11 is 1.36. The zero-order valence-corrected chi connectivity index (χ0v) is 11.4. The predicted octanol–water partition coefficient (Wildman–Crippen LogP) is 2.80. The van der Waals surface area contributed by atoms with Gasteiger partial charge in [-0.1, -0.05) is 12.1 Å². The second kappa shape index (κ2) is 6.18. The molecule has 3 N–H and O–H groups in total. The maximum atomic E-state index is 11.2. The van der Waals surface area contributed by atoms with Crippen molar-refractivity contribution in [3.05, 3.63) is 41.3 Å². The first kappa shape index (κ1) is 14.0. The normalized spacial score (nSPS) is 10.1. The lowest BCUT2D eigenvalue weighted by molar-refractivity contribution is 0.0697. The van der Waals surface area contributed by atoms with Crippen molar-refractivity contribution in [1.82, 2.24) is 5.48 Å². The van der Waals surface area contributed by atoms with Crippen LogP contribution in [0, 0.1) is 0 Å². The summed E-state index contributed by atoms with van der Waals surface area (Å²) in [5.41, 5.74) is 3.91. The van der Waals surface area contributed by atoms with Crippen LogP contribution in [0.5, 0.6) is 0 Å². The Morgan fingerprint density at radius 3 is 2.50 bits per heavy atom. The number of carbonyl (C=O) groups excluding carboxylic acids is 1. The molecule has 1 aromatic heterocycles. The zero-order chi connectivity index (χ0) is 14.5. The number of hydrogen-bond acceptors (Lipinski definition) is 4. The number of anilines is 1. The molecule has 0 radical (unpaired) electrons. The van der Waals surface area contributed by atoms with Crippen molar-refractivity contribution in [2.75, 3.05) is 12.4 Å². The molecule has 2 aromatic rings. The van der Waals surface area contributed by atoms with E-state index in [9.17, 15) is 9.59 Å². The summed E-state index contributed by atoms with van der Waals surface area (Å²) < 4.78 is 0. The monoisotopic (exact) mass is 292 g/mol. The summed E-state index contributed by atoms with van der Waals surface area (Å²) in [5.74, 6) is -0.943. The minimum atomic E-state index is -0.943. The van der Waals surface area contributed by atoms with E-state index in [4.69, 9.17) is 5.11 Å². The van der Waals surface area contributed by atoms with E-state index in [1.54, 1.807) is 35.7 Å². The van der Waals surface area contributed by atoms with Crippen LogP contribution < -0.4 is 10.8 Å². The van der Waals surface area contributed by atoms with Gasteiger partial charge in [0.15, 0.2) is 0 Å². The molecule has 0 atom stereocenters. The molecule has 20 heavy (non-hydrogen) atoms. The first-order valence-electron chi connectivity index (χ1n) is 5.62. The Hall–Kier alpha value is -2.38. The Bertz CT molecular complexity index is 622. The number of amides is 2. The van der Waals surface area contributed by atoms with Crippen molar-refractivity contribution in [3.8, 4) is 10.4 Å². The maximum absolute atomic E-state index is 11.2. The average Bonchev–Trinajstić information content (AvgIpc) is 2.89. The third kappa shape index (κ3) is 3.34. The fourth-order valence-corrected chi connectivity index (χ4v) is 2.46. The van der Waals surface area contributed by atoms with Gasteiger partial charge in [-0.05, 0) is 23.8 Å². The molecule has 6 nitrogen and oxygen atoms in total. The van der Waals surface area contributed by atoms with Crippen LogP contribution in [-0.2, 0) is 4.84 Å². The topological polar surface area (TPSA) is 87.7 Å². The summed E-state index contributed by atoms with van der Waals surface area (Å²) in [6, 6.07) is 8.21. The van der Waals surface area contributed by atoms with E-state index in [1.165, 1.54) is 18.4 Å². The highest BCUT2D eigenvalue weighted by Gasteiger charge is 2.08. The van der Waals surface area contributed by atoms with Gasteiger partial charge >= 0.3 is 12.0 Å². The minimum absolute atomic E-state index is 0.270. The van der Waals surface area contributed by atoms with Crippen molar-refractivity contribution < 1.29 is 19.5 Å². The van der Waals surface area contributed by atoms with E-state index < -0.39 is 12.0 Å². The molecule has 0 saturated carbocycles. The highest BCUT2D eigenvalue weighted by Crippen LogP contribution is 2.28. The fourth-order valence-electron chi connectivity index (χ4n) is 1.57. The van der Waals surface area contributed by atoms with Gasteiger partial charge in [-0.3, -0.25) is 4.84 Å². The first-order valence-corrected chi connectivity index (χ1v) is 6.50. The van der Waals surface area contributed by atoms with Gasteiger partial charge in [0, 0.05) is 15.9 Å². The quantitative estimate of drug-likeness (QED) is 0.756. The van der Waals surface area contributed by atoms with E-state index in [1.807, 2.05) is 0 Å². The average molecular weight is 292 g/mol. The van der Waals surface area contributed by atoms with E-state index >= 15 is 0 Å². The second-order valence-electron chi connectivity index (χ2n) is 3.84. The Labute approximate surface area is 119 Å². The molecule has 0 bridgehead atoms. The van der Waals surface area contributed by atoms with Crippen molar-refractivity contribution in [1.29, 1.82) is 0 Å². The standard InChI is InChI=1S/C13H12N2O4S/c1-19-15-13(18)14-10-4-2-8(3-5-10)11-6-9(7-20-11)12(16)17/h2-7H,1H3,(H,16,17)(H2,14,15,18). The highest BCUT2D eigenvalue weighted by molar-refractivity contribution is 7.13. The SMILES string of the molecule is CONC(=O)Nc1ccc(-c2cc(C(=O)O)cs2)cc1. The van der Waals surface area contributed by atoms with Gasteiger partial charge in [0.05, 0.1) is 12.7 Å². The first-order chi connectivity index (χ1) is 9.60. The Kier molecular flexibility index (Phi) is 4.34. The van der Waals surface area contributed by atoms with E-state index in [0.29, 0.717) is 5.69 Å². The van der Waals surface area contributed by atoms with E-state index in [-0.39, 0.29) is 5.56 Å². The molecule has 104 valence electrons. The lowest BCUT2D eigenvalue weighted by Crippen LogP contribution is -2.27.